The molecule has 0 aliphatic heterocycles. The van der Waals surface area contributed by atoms with Gasteiger partial charge in [0.05, 0.1) is 22.2 Å². The standard InChI is InChI=1S/C14H20Cl2N2O3S/c1-3-17-14(19)10-18(4-2)7-8-22(20,21)13-9-11(15)5-6-12(13)16/h5-6,9H,3-4,7-8,10H2,1-2H3,(H,17,19). The summed E-state index contributed by atoms with van der Waals surface area (Å²) >= 11 is 11.8. The third-order valence-corrected chi connectivity index (χ3v) is 5.50. The second kappa shape index (κ2) is 8.72. The molecule has 0 heterocycles. The van der Waals surface area contributed by atoms with Crippen LogP contribution in [0.3, 0.4) is 0 Å². The van der Waals surface area contributed by atoms with Gasteiger partial charge >= 0.3 is 0 Å². The Bertz CT molecular complexity index is 621. The maximum Gasteiger partial charge on any atom is 0.234 e. The van der Waals surface area contributed by atoms with Crippen LogP contribution in [0, 0.1) is 0 Å². The van der Waals surface area contributed by atoms with Crippen molar-refractivity contribution in [2.45, 2.75) is 18.7 Å². The number of sulfone groups is 1. The number of likely N-dealkylation sites (N-methyl/N-ethyl adjacent to an activating group) is 2. The predicted octanol–water partition coefficient (Wildman–Crippen LogP) is 2.23. The highest BCUT2D eigenvalue weighted by molar-refractivity contribution is 7.91. The van der Waals surface area contributed by atoms with Crippen LogP contribution in [0.4, 0.5) is 0 Å². The van der Waals surface area contributed by atoms with Crippen molar-refractivity contribution in [1.29, 1.82) is 0 Å². The first-order valence-corrected chi connectivity index (χ1v) is 9.37. The van der Waals surface area contributed by atoms with E-state index in [9.17, 15) is 13.2 Å². The Hall–Kier alpha value is -0.820. The maximum absolute atomic E-state index is 12.4. The van der Waals surface area contributed by atoms with Crippen LogP contribution >= 0.6 is 23.2 Å². The fourth-order valence-electron chi connectivity index (χ4n) is 1.88. The summed E-state index contributed by atoms with van der Waals surface area (Å²) in [7, 11) is -3.56. The summed E-state index contributed by atoms with van der Waals surface area (Å²) in [5.74, 6) is -0.247. The number of hydrogen-bond donors (Lipinski definition) is 1. The topological polar surface area (TPSA) is 66.5 Å². The molecule has 0 spiro atoms. The van der Waals surface area contributed by atoms with Gasteiger partial charge in [-0.15, -0.1) is 0 Å². The van der Waals surface area contributed by atoms with Crippen LogP contribution in [-0.4, -0.2) is 51.2 Å². The van der Waals surface area contributed by atoms with Crippen LogP contribution in [-0.2, 0) is 14.6 Å². The molecule has 0 aliphatic rings. The van der Waals surface area contributed by atoms with Crippen LogP contribution in [0.5, 0.6) is 0 Å². The molecule has 1 N–H and O–H groups in total. The second-order valence-corrected chi connectivity index (χ2v) is 7.64. The van der Waals surface area contributed by atoms with Gasteiger partial charge in [-0.05, 0) is 31.7 Å². The van der Waals surface area contributed by atoms with Crippen molar-refractivity contribution in [2.24, 2.45) is 0 Å². The molecule has 0 aliphatic carbocycles. The molecule has 5 nitrogen and oxygen atoms in total. The molecular weight excluding hydrogens is 347 g/mol. The molecule has 1 rings (SSSR count). The quantitative estimate of drug-likeness (QED) is 0.765. The van der Waals surface area contributed by atoms with Crippen molar-refractivity contribution in [1.82, 2.24) is 10.2 Å². The Morgan fingerprint density at radius 3 is 2.55 bits per heavy atom. The van der Waals surface area contributed by atoms with E-state index in [2.05, 4.69) is 5.32 Å². The second-order valence-electron chi connectivity index (χ2n) is 4.72. The number of nitrogens with zero attached hydrogens (tertiary/aromatic N) is 1. The van der Waals surface area contributed by atoms with E-state index in [0.717, 1.165) is 0 Å². The van der Waals surface area contributed by atoms with E-state index < -0.39 is 9.84 Å². The van der Waals surface area contributed by atoms with Crippen molar-refractivity contribution >= 4 is 38.9 Å². The van der Waals surface area contributed by atoms with Crippen LogP contribution in [0.25, 0.3) is 0 Å². The lowest BCUT2D eigenvalue weighted by Crippen LogP contribution is -2.39. The van der Waals surface area contributed by atoms with Crippen LogP contribution < -0.4 is 5.32 Å². The number of rotatable bonds is 8. The fraction of sp³-hybridized carbons (Fsp3) is 0.500. The third-order valence-electron chi connectivity index (χ3n) is 3.09. The SMILES string of the molecule is CCNC(=O)CN(CC)CCS(=O)(=O)c1cc(Cl)ccc1Cl. The van der Waals surface area contributed by atoms with Crippen molar-refractivity contribution in [3.63, 3.8) is 0 Å². The van der Waals surface area contributed by atoms with E-state index in [1.165, 1.54) is 18.2 Å². The lowest BCUT2D eigenvalue weighted by Gasteiger charge is -2.19. The lowest BCUT2D eigenvalue weighted by atomic mass is 10.4. The Morgan fingerprint density at radius 1 is 1.27 bits per heavy atom. The Morgan fingerprint density at radius 2 is 1.95 bits per heavy atom. The van der Waals surface area contributed by atoms with Crippen molar-refractivity contribution < 1.29 is 13.2 Å². The number of carbonyl (C=O) groups excluding carboxylic acids is 1. The number of hydrogen-bond acceptors (Lipinski definition) is 4. The number of benzene rings is 1. The van der Waals surface area contributed by atoms with Gasteiger partial charge in [0.15, 0.2) is 9.84 Å². The Labute approximate surface area is 141 Å². The molecule has 1 amide bonds. The van der Waals surface area contributed by atoms with E-state index in [4.69, 9.17) is 23.2 Å². The fourth-order valence-corrected chi connectivity index (χ4v) is 3.98. The summed E-state index contributed by atoms with van der Waals surface area (Å²) < 4.78 is 24.7. The zero-order chi connectivity index (χ0) is 16.8. The van der Waals surface area contributed by atoms with Crippen molar-refractivity contribution in [2.75, 3.05) is 31.9 Å². The van der Waals surface area contributed by atoms with Crippen molar-refractivity contribution in [3.8, 4) is 0 Å². The summed E-state index contributed by atoms with van der Waals surface area (Å²) in [4.78, 5) is 13.4. The summed E-state index contributed by atoms with van der Waals surface area (Å²) in [5.41, 5.74) is 0. The van der Waals surface area contributed by atoms with Crippen LogP contribution in [0.1, 0.15) is 13.8 Å². The highest BCUT2D eigenvalue weighted by Crippen LogP contribution is 2.25. The smallest absolute Gasteiger partial charge is 0.234 e. The summed E-state index contributed by atoms with van der Waals surface area (Å²) in [5, 5.41) is 3.15. The molecule has 0 unspecified atom stereocenters. The van der Waals surface area contributed by atoms with E-state index in [-0.39, 0.29) is 34.7 Å². The van der Waals surface area contributed by atoms with Gasteiger partial charge in [0, 0.05) is 18.1 Å². The molecule has 0 saturated carbocycles. The van der Waals surface area contributed by atoms with Gasteiger partial charge in [-0.2, -0.15) is 0 Å². The lowest BCUT2D eigenvalue weighted by molar-refractivity contribution is -0.122. The van der Waals surface area contributed by atoms with Gasteiger partial charge in [-0.25, -0.2) is 8.42 Å². The zero-order valence-corrected chi connectivity index (χ0v) is 14.9. The normalized spacial score (nSPS) is 11.7. The Kier molecular flexibility index (Phi) is 7.62. The molecule has 124 valence electrons. The minimum Gasteiger partial charge on any atom is -0.355 e. The number of nitrogens with one attached hydrogen (secondary N) is 1. The molecule has 22 heavy (non-hydrogen) atoms. The molecule has 0 bridgehead atoms. The molecule has 8 heteroatoms. The average molecular weight is 367 g/mol. The largest absolute Gasteiger partial charge is 0.355 e. The highest BCUT2D eigenvalue weighted by atomic mass is 35.5. The van der Waals surface area contributed by atoms with Gasteiger partial charge in [-0.1, -0.05) is 30.1 Å². The average Bonchev–Trinajstić information content (AvgIpc) is 2.46. The van der Waals surface area contributed by atoms with Gasteiger partial charge in [-0.3, -0.25) is 9.69 Å². The van der Waals surface area contributed by atoms with Crippen LogP contribution in [0.2, 0.25) is 10.0 Å². The Balaban J connectivity index is 2.75. The molecule has 0 saturated heterocycles. The van der Waals surface area contributed by atoms with Gasteiger partial charge in [0.25, 0.3) is 0 Å². The first-order chi connectivity index (χ1) is 10.3. The molecule has 1 aromatic carbocycles. The number of amides is 1. The van der Waals surface area contributed by atoms with Gasteiger partial charge in [0.1, 0.15) is 0 Å². The summed E-state index contributed by atoms with van der Waals surface area (Å²) in [6, 6.07) is 4.35. The predicted molar refractivity (Wildman–Crippen MR) is 89.3 cm³/mol. The minimum atomic E-state index is -3.56. The van der Waals surface area contributed by atoms with Crippen LogP contribution in [0.15, 0.2) is 23.1 Å². The highest BCUT2D eigenvalue weighted by Gasteiger charge is 2.20. The molecule has 0 radical (unpaired) electrons. The monoisotopic (exact) mass is 366 g/mol. The molecule has 0 atom stereocenters. The first-order valence-electron chi connectivity index (χ1n) is 6.97. The molecule has 0 aromatic heterocycles. The van der Waals surface area contributed by atoms with E-state index in [1.54, 1.807) is 4.90 Å². The summed E-state index contributed by atoms with van der Waals surface area (Å²) in [6.07, 6.45) is 0. The minimum absolute atomic E-state index is 0.0238. The van der Waals surface area contributed by atoms with E-state index >= 15 is 0 Å². The molecular formula is C14H20Cl2N2O3S. The first kappa shape index (κ1) is 19.2. The summed E-state index contributed by atoms with van der Waals surface area (Å²) in [6.45, 7) is 5.25. The molecule has 0 fully saturated rings. The van der Waals surface area contributed by atoms with E-state index in [0.29, 0.717) is 18.1 Å². The van der Waals surface area contributed by atoms with Gasteiger partial charge in [0.2, 0.25) is 5.91 Å². The zero-order valence-electron chi connectivity index (χ0n) is 12.6. The maximum atomic E-state index is 12.4. The molecule has 1 aromatic rings. The number of carbonyl (C=O) groups is 1. The van der Waals surface area contributed by atoms with Crippen molar-refractivity contribution in [3.05, 3.63) is 28.2 Å². The number of halogens is 2. The van der Waals surface area contributed by atoms with Gasteiger partial charge < -0.3 is 5.32 Å². The third kappa shape index (κ3) is 5.76. The van der Waals surface area contributed by atoms with E-state index in [1.807, 2.05) is 13.8 Å².